The Hall–Kier alpha value is -1.03. The number of pyridine rings is 1. The standard InChI is InChI=1S/C9H11F2NO/c1-5(2)8(13)6-3-4-7(10)12-9(6)11/h3-5,8,13H,1-2H3. The molecular weight excluding hydrogens is 176 g/mol. The molecule has 0 saturated carbocycles. The maximum absolute atomic E-state index is 13.0. The fourth-order valence-corrected chi connectivity index (χ4v) is 1.00. The van der Waals surface area contributed by atoms with E-state index in [2.05, 4.69) is 4.98 Å². The molecule has 0 saturated heterocycles. The number of aliphatic hydroxyl groups is 1. The van der Waals surface area contributed by atoms with Gasteiger partial charge in [0, 0.05) is 5.56 Å². The van der Waals surface area contributed by atoms with Crippen molar-refractivity contribution in [3.63, 3.8) is 0 Å². The van der Waals surface area contributed by atoms with Gasteiger partial charge in [0.05, 0.1) is 6.10 Å². The van der Waals surface area contributed by atoms with E-state index in [0.717, 1.165) is 6.07 Å². The number of nitrogens with zero attached hydrogens (tertiary/aromatic N) is 1. The molecule has 1 N–H and O–H groups in total. The van der Waals surface area contributed by atoms with Crippen molar-refractivity contribution in [3.05, 3.63) is 29.6 Å². The summed E-state index contributed by atoms with van der Waals surface area (Å²) in [6, 6.07) is 2.24. The fraction of sp³-hybridized carbons (Fsp3) is 0.444. The molecule has 0 radical (unpaired) electrons. The zero-order chi connectivity index (χ0) is 10.0. The first kappa shape index (κ1) is 10.1. The fourth-order valence-electron chi connectivity index (χ4n) is 1.00. The minimum Gasteiger partial charge on any atom is -0.388 e. The van der Waals surface area contributed by atoms with Crippen molar-refractivity contribution in [2.24, 2.45) is 5.92 Å². The van der Waals surface area contributed by atoms with Gasteiger partial charge in [-0.15, -0.1) is 0 Å². The lowest BCUT2D eigenvalue weighted by atomic mass is 10.0. The zero-order valence-electron chi connectivity index (χ0n) is 7.46. The second-order valence-electron chi connectivity index (χ2n) is 3.20. The Bertz CT molecular complexity index is 302. The first-order valence-electron chi connectivity index (χ1n) is 4.02. The molecule has 1 aromatic rings. The van der Waals surface area contributed by atoms with Gasteiger partial charge in [-0.3, -0.25) is 0 Å². The van der Waals surface area contributed by atoms with Crippen LogP contribution in [0.5, 0.6) is 0 Å². The van der Waals surface area contributed by atoms with E-state index in [-0.39, 0.29) is 11.5 Å². The Balaban J connectivity index is 3.01. The van der Waals surface area contributed by atoms with Crippen LogP contribution < -0.4 is 0 Å². The summed E-state index contributed by atoms with van der Waals surface area (Å²) in [7, 11) is 0. The zero-order valence-corrected chi connectivity index (χ0v) is 7.46. The van der Waals surface area contributed by atoms with Crippen LogP contribution in [0.25, 0.3) is 0 Å². The number of aromatic nitrogens is 1. The molecule has 0 aliphatic heterocycles. The van der Waals surface area contributed by atoms with Gasteiger partial charge in [0.1, 0.15) is 0 Å². The highest BCUT2D eigenvalue weighted by atomic mass is 19.1. The van der Waals surface area contributed by atoms with Crippen LogP contribution in [0, 0.1) is 17.8 Å². The maximum Gasteiger partial charge on any atom is 0.221 e. The minimum atomic E-state index is -0.943. The van der Waals surface area contributed by atoms with Gasteiger partial charge in [0.15, 0.2) is 0 Å². The van der Waals surface area contributed by atoms with Crippen LogP contribution in [0.15, 0.2) is 12.1 Å². The maximum atomic E-state index is 13.0. The highest BCUT2D eigenvalue weighted by Gasteiger charge is 2.17. The van der Waals surface area contributed by atoms with Crippen molar-refractivity contribution in [1.29, 1.82) is 0 Å². The van der Waals surface area contributed by atoms with Gasteiger partial charge in [-0.2, -0.15) is 13.8 Å². The van der Waals surface area contributed by atoms with Crippen LogP contribution >= 0.6 is 0 Å². The van der Waals surface area contributed by atoms with Crippen molar-refractivity contribution in [1.82, 2.24) is 4.98 Å². The van der Waals surface area contributed by atoms with E-state index in [1.165, 1.54) is 6.07 Å². The SMILES string of the molecule is CC(C)C(O)c1ccc(F)nc1F. The molecule has 0 spiro atoms. The van der Waals surface area contributed by atoms with Gasteiger partial charge in [0.2, 0.25) is 11.9 Å². The molecule has 2 nitrogen and oxygen atoms in total. The predicted molar refractivity (Wildman–Crippen MR) is 44.0 cm³/mol. The Morgan fingerprint density at radius 1 is 1.31 bits per heavy atom. The molecule has 1 aromatic heterocycles. The van der Waals surface area contributed by atoms with Gasteiger partial charge in [-0.05, 0) is 18.1 Å². The van der Waals surface area contributed by atoms with Crippen LogP contribution in [0.3, 0.4) is 0 Å². The number of rotatable bonds is 2. The molecule has 1 unspecified atom stereocenters. The molecule has 0 fully saturated rings. The Labute approximate surface area is 75.2 Å². The smallest absolute Gasteiger partial charge is 0.221 e. The van der Waals surface area contributed by atoms with Crippen LogP contribution in [0.2, 0.25) is 0 Å². The lowest BCUT2D eigenvalue weighted by Gasteiger charge is -2.14. The molecule has 72 valence electrons. The molecule has 13 heavy (non-hydrogen) atoms. The topological polar surface area (TPSA) is 33.1 Å². The summed E-state index contributed by atoms with van der Waals surface area (Å²) in [4.78, 5) is 2.98. The second-order valence-corrected chi connectivity index (χ2v) is 3.20. The van der Waals surface area contributed by atoms with E-state index in [1.54, 1.807) is 13.8 Å². The predicted octanol–water partition coefficient (Wildman–Crippen LogP) is 2.05. The molecule has 1 atom stereocenters. The Morgan fingerprint density at radius 2 is 1.92 bits per heavy atom. The molecule has 0 bridgehead atoms. The molecule has 0 aromatic carbocycles. The molecule has 1 rings (SSSR count). The normalized spacial score (nSPS) is 13.4. The first-order valence-corrected chi connectivity index (χ1v) is 4.02. The van der Waals surface area contributed by atoms with Crippen LogP contribution in [0.4, 0.5) is 8.78 Å². The van der Waals surface area contributed by atoms with E-state index in [9.17, 15) is 13.9 Å². The molecule has 0 amide bonds. The summed E-state index contributed by atoms with van der Waals surface area (Å²) >= 11 is 0. The van der Waals surface area contributed by atoms with Crippen molar-refractivity contribution >= 4 is 0 Å². The van der Waals surface area contributed by atoms with Gasteiger partial charge in [-0.25, -0.2) is 0 Å². The van der Waals surface area contributed by atoms with Gasteiger partial charge in [0.25, 0.3) is 0 Å². The third-order valence-electron chi connectivity index (χ3n) is 1.79. The summed E-state index contributed by atoms with van der Waals surface area (Å²) in [5.74, 6) is -1.94. The van der Waals surface area contributed by atoms with E-state index >= 15 is 0 Å². The second kappa shape index (κ2) is 3.79. The van der Waals surface area contributed by atoms with Crippen LogP contribution in [-0.4, -0.2) is 10.1 Å². The van der Waals surface area contributed by atoms with E-state index in [0.29, 0.717) is 0 Å². The van der Waals surface area contributed by atoms with Crippen molar-refractivity contribution in [3.8, 4) is 0 Å². The average Bonchev–Trinajstić information content (AvgIpc) is 2.03. The van der Waals surface area contributed by atoms with E-state index in [4.69, 9.17) is 0 Å². The highest BCUT2D eigenvalue weighted by Crippen LogP contribution is 2.22. The summed E-state index contributed by atoms with van der Waals surface area (Å²) < 4.78 is 25.3. The molecule has 1 heterocycles. The Kier molecular flexibility index (Phi) is 2.93. The van der Waals surface area contributed by atoms with Crippen molar-refractivity contribution < 1.29 is 13.9 Å². The van der Waals surface area contributed by atoms with E-state index < -0.39 is 18.0 Å². The van der Waals surface area contributed by atoms with Gasteiger partial charge in [-0.1, -0.05) is 13.8 Å². The Morgan fingerprint density at radius 3 is 2.38 bits per heavy atom. The van der Waals surface area contributed by atoms with Gasteiger partial charge >= 0.3 is 0 Å². The average molecular weight is 187 g/mol. The summed E-state index contributed by atoms with van der Waals surface area (Å²) in [6.45, 7) is 3.49. The third-order valence-corrected chi connectivity index (χ3v) is 1.79. The number of aliphatic hydroxyl groups excluding tert-OH is 1. The van der Waals surface area contributed by atoms with Crippen LogP contribution in [0.1, 0.15) is 25.5 Å². The monoisotopic (exact) mass is 187 g/mol. The number of hydrogen-bond acceptors (Lipinski definition) is 2. The van der Waals surface area contributed by atoms with Crippen molar-refractivity contribution in [2.75, 3.05) is 0 Å². The lowest BCUT2D eigenvalue weighted by molar-refractivity contribution is 0.121. The number of halogens is 2. The minimum absolute atomic E-state index is 0.0383. The molecule has 0 aliphatic carbocycles. The summed E-state index contributed by atoms with van der Waals surface area (Å²) in [5.41, 5.74) is 0.0383. The third kappa shape index (κ3) is 2.21. The largest absolute Gasteiger partial charge is 0.388 e. The molecule has 4 heteroatoms. The van der Waals surface area contributed by atoms with Gasteiger partial charge < -0.3 is 5.11 Å². The highest BCUT2D eigenvalue weighted by molar-refractivity contribution is 5.14. The van der Waals surface area contributed by atoms with Crippen molar-refractivity contribution in [2.45, 2.75) is 20.0 Å². The number of hydrogen-bond donors (Lipinski definition) is 1. The first-order chi connectivity index (χ1) is 6.02. The van der Waals surface area contributed by atoms with E-state index in [1.807, 2.05) is 0 Å². The molecular formula is C9H11F2NO. The lowest BCUT2D eigenvalue weighted by Crippen LogP contribution is -2.09. The quantitative estimate of drug-likeness (QED) is 0.719. The summed E-state index contributed by atoms with van der Waals surface area (Å²) in [6.07, 6.45) is -0.937. The molecule has 0 aliphatic rings. The van der Waals surface area contributed by atoms with Crippen LogP contribution in [-0.2, 0) is 0 Å². The summed E-state index contributed by atoms with van der Waals surface area (Å²) in [5, 5.41) is 9.47.